The van der Waals surface area contributed by atoms with Crippen molar-refractivity contribution in [2.45, 2.75) is 11.1 Å². The van der Waals surface area contributed by atoms with Crippen molar-refractivity contribution in [1.82, 2.24) is 5.32 Å². The van der Waals surface area contributed by atoms with Gasteiger partial charge in [0.25, 0.3) is 5.91 Å². The Labute approximate surface area is 102 Å². The number of carbonyl (C=O) groups excluding carboxylic acids is 1. The topological polar surface area (TPSA) is 63.2 Å². The number of halogens is 3. The zero-order valence-electron chi connectivity index (χ0n) is 9.50. The van der Waals surface area contributed by atoms with E-state index in [4.69, 9.17) is 0 Å². The molecule has 0 aliphatic heterocycles. The Kier molecular flexibility index (Phi) is 3.70. The highest BCUT2D eigenvalue weighted by Gasteiger charge is 2.32. The van der Waals surface area contributed by atoms with Gasteiger partial charge in [-0.3, -0.25) is 4.79 Å². The monoisotopic (exact) mass is 281 g/mol. The summed E-state index contributed by atoms with van der Waals surface area (Å²) in [6.45, 7) is 0. The average Bonchev–Trinajstić information content (AvgIpc) is 2.24. The Balaban J connectivity index is 3.54. The van der Waals surface area contributed by atoms with Crippen molar-refractivity contribution in [3.05, 3.63) is 29.3 Å². The molecule has 0 heterocycles. The third-order valence-corrected chi connectivity index (χ3v) is 3.33. The molecule has 1 aromatic carbocycles. The maximum absolute atomic E-state index is 12.5. The van der Waals surface area contributed by atoms with Gasteiger partial charge in [0.15, 0.2) is 9.84 Å². The number of hydrogen-bond donors (Lipinski definition) is 1. The third kappa shape index (κ3) is 3.00. The number of sulfone groups is 1. The number of nitrogens with one attached hydrogen (secondary N) is 1. The number of rotatable bonds is 2. The predicted molar refractivity (Wildman–Crippen MR) is 57.9 cm³/mol. The van der Waals surface area contributed by atoms with Crippen LogP contribution >= 0.6 is 0 Å². The van der Waals surface area contributed by atoms with Gasteiger partial charge in [0.05, 0.1) is 16.0 Å². The summed E-state index contributed by atoms with van der Waals surface area (Å²) in [5.41, 5.74) is -1.59. The van der Waals surface area contributed by atoms with Gasteiger partial charge in [-0.2, -0.15) is 13.2 Å². The number of carbonyl (C=O) groups is 1. The Morgan fingerprint density at radius 2 is 1.83 bits per heavy atom. The summed E-state index contributed by atoms with van der Waals surface area (Å²) in [6, 6.07) is 1.93. The van der Waals surface area contributed by atoms with Crippen molar-refractivity contribution in [2.75, 3.05) is 13.3 Å². The minimum Gasteiger partial charge on any atom is -0.355 e. The summed E-state index contributed by atoms with van der Waals surface area (Å²) in [7, 11) is -2.58. The van der Waals surface area contributed by atoms with Crippen molar-refractivity contribution < 1.29 is 26.4 Å². The Hall–Kier alpha value is -1.57. The lowest BCUT2D eigenvalue weighted by atomic mass is 10.1. The van der Waals surface area contributed by atoms with Crippen LogP contribution in [0.4, 0.5) is 13.2 Å². The highest BCUT2D eigenvalue weighted by molar-refractivity contribution is 7.90. The van der Waals surface area contributed by atoms with E-state index in [2.05, 4.69) is 5.32 Å². The minimum atomic E-state index is -4.64. The van der Waals surface area contributed by atoms with Gasteiger partial charge in [-0.25, -0.2) is 8.42 Å². The predicted octanol–water partition coefficient (Wildman–Crippen LogP) is 1.47. The normalized spacial score (nSPS) is 12.3. The largest absolute Gasteiger partial charge is 0.416 e. The van der Waals surface area contributed by atoms with Gasteiger partial charge >= 0.3 is 6.18 Å². The van der Waals surface area contributed by atoms with Crippen LogP contribution in [0.1, 0.15) is 15.9 Å². The van der Waals surface area contributed by atoms with Gasteiger partial charge < -0.3 is 5.32 Å². The molecule has 1 amide bonds. The van der Waals surface area contributed by atoms with Gasteiger partial charge in [-0.1, -0.05) is 0 Å². The maximum atomic E-state index is 12.5. The minimum absolute atomic E-state index is 0.435. The molecular weight excluding hydrogens is 271 g/mol. The van der Waals surface area contributed by atoms with Crippen LogP contribution in [0.15, 0.2) is 23.1 Å². The first-order chi connectivity index (χ1) is 8.07. The Morgan fingerprint density at radius 3 is 2.22 bits per heavy atom. The fraction of sp³-hybridized carbons (Fsp3) is 0.300. The van der Waals surface area contributed by atoms with E-state index >= 15 is 0 Å². The second-order valence-electron chi connectivity index (χ2n) is 3.56. The van der Waals surface area contributed by atoms with Crippen molar-refractivity contribution >= 4 is 15.7 Å². The molecule has 0 aromatic heterocycles. The highest BCUT2D eigenvalue weighted by Crippen LogP contribution is 2.31. The molecule has 0 spiro atoms. The molecular formula is C10H10F3NO3S. The van der Waals surface area contributed by atoms with E-state index in [-0.39, 0.29) is 0 Å². The average molecular weight is 281 g/mol. The first-order valence-electron chi connectivity index (χ1n) is 4.70. The third-order valence-electron chi connectivity index (χ3n) is 2.18. The molecule has 100 valence electrons. The summed E-state index contributed by atoms with van der Waals surface area (Å²) in [4.78, 5) is 11.0. The first kappa shape index (κ1) is 14.5. The van der Waals surface area contributed by atoms with E-state index < -0.39 is 37.9 Å². The maximum Gasteiger partial charge on any atom is 0.416 e. The van der Waals surface area contributed by atoms with Crippen molar-refractivity contribution in [1.29, 1.82) is 0 Å². The molecule has 8 heteroatoms. The summed E-state index contributed by atoms with van der Waals surface area (Å²) in [5.74, 6) is -0.887. The van der Waals surface area contributed by atoms with Gasteiger partial charge in [-0.15, -0.1) is 0 Å². The van der Waals surface area contributed by atoms with E-state index in [1.807, 2.05) is 0 Å². The number of alkyl halides is 3. The molecule has 0 bridgehead atoms. The smallest absolute Gasteiger partial charge is 0.355 e. The van der Waals surface area contributed by atoms with Crippen LogP contribution in [0.2, 0.25) is 0 Å². The van der Waals surface area contributed by atoms with E-state index in [0.717, 1.165) is 12.3 Å². The molecule has 0 radical (unpaired) electrons. The van der Waals surface area contributed by atoms with Crippen molar-refractivity contribution in [2.24, 2.45) is 0 Å². The van der Waals surface area contributed by atoms with Gasteiger partial charge in [0.2, 0.25) is 0 Å². The van der Waals surface area contributed by atoms with Crippen LogP contribution in [0, 0.1) is 0 Å². The lowest BCUT2D eigenvalue weighted by Crippen LogP contribution is -2.22. The van der Waals surface area contributed by atoms with Crippen LogP contribution in [0.3, 0.4) is 0 Å². The van der Waals surface area contributed by atoms with Gasteiger partial charge in [0.1, 0.15) is 0 Å². The standard InChI is InChI=1S/C10H10F3NO3S/c1-14-9(15)7-5-6(10(11,12)13)3-4-8(7)18(2,16)17/h3-5H,1-2H3,(H,14,15). The highest BCUT2D eigenvalue weighted by atomic mass is 32.2. The second-order valence-corrected chi connectivity index (χ2v) is 5.54. The lowest BCUT2D eigenvalue weighted by Gasteiger charge is -2.11. The SMILES string of the molecule is CNC(=O)c1cc(C(F)(F)F)ccc1S(C)(=O)=O. The second kappa shape index (κ2) is 4.60. The molecule has 0 saturated carbocycles. The molecule has 0 aliphatic carbocycles. The van der Waals surface area contributed by atoms with Crippen LogP contribution in [-0.4, -0.2) is 27.6 Å². The van der Waals surface area contributed by atoms with E-state index in [0.29, 0.717) is 12.1 Å². The molecule has 18 heavy (non-hydrogen) atoms. The molecule has 0 unspecified atom stereocenters. The van der Waals surface area contributed by atoms with Crippen molar-refractivity contribution in [3.8, 4) is 0 Å². The first-order valence-corrected chi connectivity index (χ1v) is 6.60. The van der Waals surface area contributed by atoms with Crippen molar-refractivity contribution in [3.63, 3.8) is 0 Å². The summed E-state index contributed by atoms with van der Waals surface area (Å²) in [6.07, 6.45) is -3.82. The fourth-order valence-electron chi connectivity index (χ4n) is 1.34. The number of benzene rings is 1. The molecule has 0 saturated heterocycles. The molecule has 0 fully saturated rings. The van der Waals surface area contributed by atoms with E-state index in [1.165, 1.54) is 7.05 Å². The summed E-state index contributed by atoms with van der Waals surface area (Å²) >= 11 is 0. The van der Waals surface area contributed by atoms with Crippen LogP contribution in [0.25, 0.3) is 0 Å². The fourth-order valence-corrected chi connectivity index (χ4v) is 2.21. The molecule has 1 rings (SSSR count). The quantitative estimate of drug-likeness (QED) is 0.892. The molecule has 1 N–H and O–H groups in total. The van der Waals surface area contributed by atoms with Crippen LogP contribution < -0.4 is 5.32 Å². The number of hydrogen-bond acceptors (Lipinski definition) is 3. The van der Waals surface area contributed by atoms with E-state index in [9.17, 15) is 26.4 Å². The van der Waals surface area contributed by atoms with Gasteiger partial charge in [-0.05, 0) is 18.2 Å². The zero-order valence-corrected chi connectivity index (χ0v) is 10.3. The van der Waals surface area contributed by atoms with Gasteiger partial charge in [0, 0.05) is 13.3 Å². The molecule has 0 aliphatic rings. The Morgan fingerprint density at radius 1 is 1.28 bits per heavy atom. The molecule has 1 aromatic rings. The Bertz CT molecular complexity index is 579. The molecule has 4 nitrogen and oxygen atoms in total. The lowest BCUT2D eigenvalue weighted by molar-refractivity contribution is -0.137. The van der Waals surface area contributed by atoms with Crippen LogP contribution in [0.5, 0.6) is 0 Å². The molecule has 0 atom stereocenters. The van der Waals surface area contributed by atoms with E-state index in [1.54, 1.807) is 0 Å². The number of amides is 1. The summed E-state index contributed by atoms with van der Waals surface area (Å²) < 4.78 is 60.2. The zero-order chi connectivity index (χ0) is 14.1. The van der Waals surface area contributed by atoms with Crippen LogP contribution in [-0.2, 0) is 16.0 Å². The summed E-state index contributed by atoms with van der Waals surface area (Å²) in [5, 5.41) is 2.10.